The minimum absolute atomic E-state index is 0. The molecule has 1 nitrogen and oxygen atoms in total. The summed E-state index contributed by atoms with van der Waals surface area (Å²) in [5.41, 5.74) is 3.52. The molecular formula is C14H28Cl2NSiTi. The molecule has 0 spiro atoms. The summed E-state index contributed by atoms with van der Waals surface area (Å²) in [5.74, 6) is 0. The summed E-state index contributed by atoms with van der Waals surface area (Å²) in [4.78, 5) is 0. The third-order valence-corrected chi connectivity index (χ3v) is 15.0. The van der Waals surface area contributed by atoms with Gasteiger partial charge >= 0.3 is 115 Å². The van der Waals surface area contributed by atoms with Gasteiger partial charge in [-0.05, 0) is 0 Å². The molecule has 0 heterocycles. The first-order valence-electron chi connectivity index (χ1n) is 6.79. The van der Waals surface area contributed by atoms with Gasteiger partial charge in [0.1, 0.15) is 0 Å². The standard InChI is InChI=1S/C8H11.C4H10N.C2H7Si.2ClH.Ti/c1-3-8-6-4-5-7(8)2;1-4(2,3)5;1-3-2;;;/h6H,3,5H2,1-2H3;5H,1-3H3;3H,1-2H3;2*1H;/q;-1;;;;+3/p-2. The minimum atomic E-state index is -1.17. The van der Waals surface area contributed by atoms with E-state index in [9.17, 15) is 0 Å². The zero-order chi connectivity index (χ0) is 13.2. The Bertz CT molecular complexity index is 346. The molecule has 0 fully saturated rings. The molecule has 5 heteroatoms. The van der Waals surface area contributed by atoms with Gasteiger partial charge < -0.3 is 24.8 Å². The van der Waals surface area contributed by atoms with Crippen molar-refractivity contribution in [2.45, 2.75) is 66.1 Å². The third-order valence-electron chi connectivity index (χ3n) is 3.17. The average molecular weight is 357 g/mol. The van der Waals surface area contributed by atoms with E-state index >= 15 is 0 Å². The average Bonchev–Trinajstić information content (AvgIpc) is 2.54. The second-order valence-electron chi connectivity index (χ2n) is 6.45. The van der Waals surface area contributed by atoms with Crippen molar-refractivity contribution in [3.63, 3.8) is 0 Å². The number of halogens is 2. The molecule has 111 valence electrons. The number of allylic oxidation sites excluding steroid dienone is 4. The Hall–Kier alpha value is 0.951. The van der Waals surface area contributed by atoms with Crippen molar-refractivity contribution >= 4 is 6.66 Å². The van der Waals surface area contributed by atoms with Gasteiger partial charge in [-0.25, -0.2) is 0 Å². The van der Waals surface area contributed by atoms with Crippen LogP contribution in [0.5, 0.6) is 0 Å². The van der Waals surface area contributed by atoms with Gasteiger partial charge in [0.05, 0.1) is 0 Å². The fourth-order valence-electron chi connectivity index (χ4n) is 2.36. The molecule has 0 saturated heterocycles. The molecule has 0 bridgehead atoms. The first-order valence-corrected chi connectivity index (χ1v) is 13.9. The van der Waals surface area contributed by atoms with Crippen LogP contribution >= 0.6 is 0 Å². The van der Waals surface area contributed by atoms with E-state index in [1.54, 1.807) is 15.0 Å². The van der Waals surface area contributed by atoms with Crippen molar-refractivity contribution in [2.75, 3.05) is 0 Å². The Morgan fingerprint density at radius 2 is 1.79 bits per heavy atom. The van der Waals surface area contributed by atoms with E-state index < -0.39 is 24.0 Å². The quantitative estimate of drug-likeness (QED) is 0.570. The Balaban J connectivity index is 0. The van der Waals surface area contributed by atoms with Crippen LogP contribution in [0.1, 0.15) is 47.5 Å². The molecule has 1 rings (SSSR count). The third kappa shape index (κ3) is 6.97. The van der Waals surface area contributed by atoms with Crippen LogP contribution in [0.4, 0.5) is 0 Å². The summed E-state index contributed by atoms with van der Waals surface area (Å²) in [6.07, 6.45) is 5.01. The van der Waals surface area contributed by atoms with Gasteiger partial charge in [0, 0.05) is 0 Å². The molecule has 0 aliphatic heterocycles. The zero-order valence-corrected chi connectivity index (χ0v) is 17.6. The van der Waals surface area contributed by atoms with Crippen molar-refractivity contribution in [2.24, 2.45) is 0 Å². The molecule has 0 unspecified atom stereocenters. The monoisotopic (exact) mass is 356 g/mol. The predicted octanol–water partition coefficient (Wildman–Crippen LogP) is -2.09. The maximum atomic E-state index is 4.00. The Morgan fingerprint density at radius 1 is 1.26 bits per heavy atom. The van der Waals surface area contributed by atoms with Gasteiger partial charge in [-0.1, -0.05) is 0 Å². The van der Waals surface area contributed by atoms with E-state index in [0.717, 1.165) is 0 Å². The molecular weight excluding hydrogens is 329 g/mol. The maximum Gasteiger partial charge on any atom is -1.00 e. The smallest absolute Gasteiger partial charge is 1.00 e. The normalized spacial score (nSPS) is 15.1. The topological polar surface area (TPSA) is 12.0 Å². The van der Waals surface area contributed by atoms with Crippen LogP contribution in [0.3, 0.4) is 0 Å². The summed E-state index contributed by atoms with van der Waals surface area (Å²) in [7, 11) is 0. The molecule has 0 atom stereocenters. The summed E-state index contributed by atoms with van der Waals surface area (Å²) >= 11 is -1.17. The number of nitrogens with one attached hydrogen (secondary N) is 1. The van der Waals surface area contributed by atoms with E-state index in [1.165, 1.54) is 12.8 Å². The van der Waals surface area contributed by atoms with Crippen molar-refractivity contribution in [1.82, 2.24) is 3.80 Å². The van der Waals surface area contributed by atoms with E-state index in [2.05, 4.69) is 57.6 Å². The van der Waals surface area contributed by atoms with Gasteiger partial charge in [0.2, 0.25) is 0 Å². The molecule has 0 aromatic carbocycles. The molecule has 0 saturated carbocycles. The SMILES string of the molecule is CCC1=C(C)C[C]([Ti+2]([NH]C(C)(C)C)[SiH](C)C)=C1.[Cl-].[Cl-]. The van der Waals surface area contributed by atoms with Crippen LogP contribution in [0.25, 0.3) is 0 Å². The van der Waals surface area contributed by atoms with Gasteiger partial charge in [-0.3, -0.25) is 0 Å². The van der Waals surface area contributed by atoms with Gasteiger partial charge in [-0.15, -0.1) is 0 Å². The van der Waals surface area contributed by atoms with Crippen LogP contribution in [-0.4, -0.2) is 12.2 Å². The second kappa shape index (κ2) is 9.07. The van der Waals surface area contributed by atoms with E-state index in [4.69, 9.17) is 0 Å². The van der Waals surface area contributed by atoms with Crippen molar-refractivity contribution in [3.05, 3.63) is 21.1 Å². The molecule has 0 aromatic rings. The Kier molecular flexibility index (Phi) is 10.6. The number of hydrogen-bond donors (Lipinski definition) is 1. The summed E-state index contributed by atoms with van der Waals surface area (Å²) in [6, 6.07) is 0. The summed E-state index contributed by atoms with van der Waals surface area (Å²) in [5, 5.41) is 0. The van der Waals surface area contributed by atoms with Crippen molar-refractivity contribution < 1.29 is 42.2 Å². The van der Waals surface area contributed by atoms with Crippen LogP contribution in [0.15, 0.2) is 21.1 Å². The second-order valence-corrected chi connectivity index (χ2v) is 19.2. The maximum absolute atomic E-state index is 4.00. The first-order chi connectivity index (χ1) is 7.74. The number of hydrogen-bond acceptors (Lipinski definition) is 1. The molecule has 0 radical (unpaired) electrons. The predicted molar refractivity (Wildman–Crippen MR) is 77.5 cm³/mol. The minimum Gasteiger partial charge on any atom is -1.00 e. The fourth-order valence-corrected chi connectivity index (χ4v) is 13.5. The molecule has 19 heavy (non-hydrogen) atoms. The van der Waals surface area contributed by atoms with E-state index in [0.29, 0.717) is 0 Å². The van der Waals surface area contributed by atoms with Crippen LogP contribution in [-0.2, 0) is 17.4 Å². The van der Waals surface area contributed by atoms with E-state index in [-0.39, 0.29) is 30.4 Å². The van der Waals surface area contributed by atoms with Crippen LogP contribution in [0.2, 0.25) is 13.1 Å². The molecule has 0 aromatic heterocycles. The zero-order valence-electron chi connectivity index (χ0n) is 13.3. The van der Waals surface area contributed by atoms with Crippen LogP contribution in [0, 0.1) is 0 Å². The Morgan fingerprint density at radius 3 is 2.11 bits per heavy atom. The van der Waals surface area contributed by atoms with E-state index in [1.807, 2.05) is 0 Å². The molecule has 1 aliphatic carbocycles. The first kappa shape index (κ1) is 22.2. The molecule has 1 N–H and O–H groups in total. The fraction of sp³-hybridized carbons (Fsp3) is 0.714. The largest absolute Gasteiger partial charge is 1.00 e. The number of rotatable bonds is 4. The van der Waals surface area contributed by atoms with Gasteiger partial charge in [-0.2, -0.15) is 0 Å². The molecule has 1 aliphatic rings. The van der Waals surface area contributed by atoms with Crippen molar-refractivity contribution in [1.29, 1.82) is 0 Å². The molecule has 0 amide bonds. The van der Waals surface area contributed by atoms with Gasteiger partial charge in [0.15, 0.2) is 0 Å². The Labute approximate surface area is 139 Å². The summed E-state index contributed by atoms with van der Waals surface area (Å²) < 4.78 is 5.80. The van der Waals surface area contributed by atoms with Gasteiger partial charge in [0.25, 0.3) is 0 Å². The summed E-state index contributed by atoms with van der Waals surface area (Å²) in [6.45, 7) is 16.0. The van der Waals surface area contributed by atoms with Crippen molar-refractivity contribution in [3.8, 4) is 0 Å². The van der Waals surface area contributed by atoms with Crippen LogP contribution < -0.4 is 28.6 Å².